The van der Waals surface area contributed by atoms with Crippen molar-refractivity contribution >= 4 is 22.7 Å². The molecule has 0 spiro atoms. The summed E-state index contributed by atoms with van der Waals surface area (Å²) in [6.45, 7) is 8.88. The molecule has 2 heterocycles. The number of aliphatic hydroxyl groups is 1. The van der Waals surface area contributed by atoms with Crippen LogP contribution in [0.25, 0.3) is 10.9 Å². The predicted octanol–water partition coefficient (Wildman–Crippen LogP) is 1.37. The molecule has 0 radical (unpaired) electrons. The Morgan fingerprint density at radius 2 is 2.00 bits per heavy atom. The van der Waals surface area contributed by atoms with Crippen molar-refractivity contribution in [3.63, 3.8) is 0 Å². The van der Waals surface area contributed by atoms with Crippen LogP contribution in [0.3, 0.4) is 0 Å². The Morgan fingerprint density at radius 3 is 2.60 bits per heavy atom. The Hall–Kier alpha value is -2.69. The highest BCUT2D eigenvalue weighted by molar-refractivity contribution is 5.91. The van der Waals surface area contributed by atoms with Crippen molar-refractivity contribution in [2.24, 2.45) is 12.5 Å². The second-order valence-electron chi connectivity index (χ2n) is 10.2. The van der Waals surface area contributed by atoms with Crippen LogP contribution in [0.5, 0.6) is 5.88 Å². The lowest BCUT2D eigenvalue weighted by Crippen LogP contribution is -2.56. The number of aromatic nitrogens is 2. The molecule has 3 rings (SSSR count). The number of likely N-dealkylation sites (tertiary alicyclic amines) is 1. The predicted molar refractivity (Wildman–Crippen MR) is 133 cm³/mol. The number of benzene rings is 1. The van der Waals surface area contributed by atoms with Gasteiger partial charge in [-0.1, -0.05) is 33.8 Å². The van der Waals surface area contributed by atoms with Gasteiger partial charge < -0.3 is 30.1 Å². The third kappa shape index (κ3) is 5.76. The molecule has 1 aromatic heterocycles. The van der Waals surface area contributed by atoms with Crippen molar-refractivity contribution in [2.45, 2.75) is 58.3 Å². The zero-order valence-corrected chi connectivity index (χ0v) is 21.8. The maximum atomic E-state index is 13.5. The zero-order valence-electron chi connectivity index (χ0n) is 21.8. The average molecular weight is 490 g/mol. The van der Waals surface area contributed by atoms with Crippen molar-refractivity contribution < 1.29 is 24.2 Å². The number of nitrogens with zero attached hydrogens (tertiary/aromatic N) is 3. The van der Waals surface area contributed by atoms with E-state index in [2.05, 4.69) is 15.7 Å². The molecule has 1 aliphatic heterocycles. The lowest BCUT2D eigenvalue weighted by atomic mass is 9.85. The van der Waals surface area contributed by atoms with Gasteiger partial charge in [-0.3, -0.25) is 14.3 Å². The number of hydrogen-bond acceptors (Lipinski definition) is 7. The molecule has 1 saturated heterocycles. The second-order valence-corrected chi connectivity index (χ2v) is 10.2. The van der Waals surface area contributed by atoms with Gasteiger partial charge in [0.05, 0.1) is 42.8 Å². The van der Waals surface area contributed by atoms with Gasteiger partial charge in [0.2, 0.25) is 17.7 Å². The summed E-state index contributed by atoms with van der Waals surface area (Å²) in [6.07, 6.45) is -0.566. The summed E-state index contributed by atoms with van der Waals surface area (Å²) in [5.74, 6) is -0.000565. The van der Waals surface area contributed by atoms with Crippen LogP contribution in [0.2, 0.25) is 0 Å². The number of likely N-dealkylation sites (N-methyl/N-ethyl adjacent to an activating group) is 1. The Labute approximate surface area is 206 Å². The van der Waals surface area contributed by atoms with Gasteiger partial charge in [-0.15, -0.1) is 5.10 Å². The standard InChI is InChI=1S/C25H39N5O5/c1-8-26-21(25(2,3)4)24(33)30-13-16(31)12-20(30)22(32)27-18(14-34-6)15-9-10-19-17(11-15)23(35-7)28-29(19)5/h9-11,16,18,20-21,26,31H,8,12-14H2,1-7H3,(H,27,32)/t16-,18-,20+,21-/m1/s1. The van der Waals surface area contributed by atoms with Gasteiger partial charge >= 0.3 is 0 Å². The summed E-state index contributed by atoms with van der Waals surface area (Å²) in [4.78, 5) is 28.4. The van der Waals surface area contributed by atoms with E-state index in [9.17, 15) is 14.7 Å². The highest BCUT2D eigenvalue weighted by Gasteiger charge is 2.44. The van der Waals surface area contributed by atoms with Crippen molar-refractivity contribution in [3.05, 3.63) is 23.8 Å². The number of carbonyl (C=O) groups excluding carboxylic acids is 2. The first-order valence-electron chi connectivity index (χ1n) is 12.0. The second kappa shape index (κ2) is 10.9. The molecule has 0 saturated carbocycles. The summed E-state index contributed by atoms with van der Waals surface area (Å²) < 4.78 is 12.5. The number of carbonyl (C=O) groups is 2. The lowest BCUT2D eigenvalue weighted by molar-refractivity contribution is -0.142. The molecule has 1 fully saturated rings. The quantitative estimate of drug-likeness (QED) is 0.487. The minimum Gasteiger partial charge on any atom is -0.479 e. The Bertz CT molecular complexity index is 1050. The van der Waals surface area contributed by atoms with Crippen molar-refractivity contribution in [2.75, 3.05) is 33.9 Å². The van der Waals surface area contributed by atoms with E-state index in [-0.39, 0.29) is 36.8 Å². The maximum absolute atomic E-state index is 13.5. The molecule has 3 N–H and O–H groups in total. The summed E-state index contributed by atoms with van der Waals surface area (Å²) >= 11 is 0. The monoisotopic (exact) mass is 489 g/mol. The summed E-state index contributed by atoms with van der Waals surface area (Å²) in [7, 11) is 4.98. The first-order chi connectivity index (χ1) is 16.5. The smallest absolute Gasteiger partial charge is 0.243 e. The Kier molecular flexibility index (Phi) is 8.40. The van der Waals surface area contributed by atoms with Crippen LogP contribution in [0.15, 0.2) is 18.2 Å². The fourth-order valence-corrected chi connectivity index (χ4v) is 4.71. The minimum atomic E-state index is -0.767. The normalized spacial score (nSPS) is 20.2. The van der Waals surface area contributed by atoms with E-state index in [0.717, 1.165) is 16.5 Å². The van der Waals surface area contributed by atoms with Crippen molar-refractivity contribution in [1.29, 1.82) is 0 Å². The van der Waals surface area contributed by atoms with Gasteiger partial charge in [-0.25, -0.2) is 0 Å². The topological polar surface area (TPSA) is 118 Å². The molecule has 194 valence electrons. The van der Waals surface area contributed by atoms with Gasteiger partial charge in [0.1, 0.15) is 6.04 Å². The number of methoxy groups -OCH3 is 2. The van der Waals surface area contributed by atoms with Crippen LogP contribution in [0.1, 0.15) is 45.7 Å². The molecule has 10 nitrogen and oxygen atoms in total. The van der Waals surface area contributed by atoms with E-state index in [1.54, 1.807) is 18.9 Å². The van der Waals surface area contributed by atoms with Gasteiger partial charge in [0.15, 0.2) is 0 Å². The van der Waals surface area contributed by atoms with Crippen LogP contribution in [0, 0.1) is 5.41 Å². The van der Waals surface area contributed by atoms with Gasteiger partial charge in [-0.2, -0.15) is 0 Å². The number of fused-ring (bicyclic) bond motifs is 1. The molecule has 0 unspecified atom stereocenters. The first-order valence-corrected chi connectivity index (χ1v) is 12.0. The van der Waals surface area contributed by atoms with Crippen LogP contribution in [0.4, 0.5) is 0 Å². The highest BCUT2D eigenvalue weighted by atomic mass is 16.5. The SMILES string of the molecule is CCN[C@H](C(=O)N1C[C@H](O)C[C@H]1C(=O)N[C@H](COC)c1ccc2c(c1)c(OC)nn2C)C(C)(C)C. The fraction of sp³-hybridized carbons (Fsp3) is 0.640. The minimum absolute atomic E-state index is 0.128. The number of ether oxygens (including phenoxy) is 2. The largest absolute Gasteiger partial charge is 0.479 e. The third-order valence-electron chi connectivity index (χ3n) is 6.47. The molecule has 4 atom stereocenters. The van der Waals surface area contributed by atoms with E-state index < -0.39 is 24.2 Å². The summed E-state index contributed by atoms with van der Waals surface area (Å²) in [5.41, 5.74) is 1.38. The van der Waals surface area contributed by atoms with Crippen LogP contribution in [-0.4, -0.2) is 83.7 Å². The number of rotatable bonds is 9. The van der Waals surface area contributed by atoms with E-state index in [1.807, 2.05) is 52.9 Å². The van der Waals surface area contributed by atoms with Crippen LogP contribution >= 0.6 is 0 Å². The van der Waals surface area contributed by atoms with Gasteiger partial charge in [0.25, 0.3) is 0 Å². The highest BCUT2D eigenvalue weighted by Crippen LogP contribution is 2.29. The molecule has 10 heteroatoms. The van der Waals surface area contributed by atoms with E-state index in [0.29, 0.717) is 12.4 Å². The number of aryl methyl sites for hydroxylation is 1. The number of aliphatic hydroxyl groups excluding tert-OH is 1. The number of β-amino-alcohol motifs (C(OH)–C–C–N with tert-alkyl or cyclic N) is 1. The van der Waals surface area contributed by atoms with Crippen molar-refractivity contribution in [3.8, 4) is 5.88 Å². The number of amides is 2. The molecular weight excluding hydrogens is 450 g/mol. The lowest BCUT2D eigenvalue weighted by Gasteiger charge is -2.35. The first kappa shape index (κ1) is 26.9. The molecular formula is C25H39N5O5. The molecule has 1 aromatic carbocycles. The third-order valence-corrected chi connectivity index (χ3v) is 6.47. The van der Waals surface area contributed by atoms with E-state index in [1.165, 1.54) is 4.90 Å². The van der Waals surface area contributed by atoms with E-state index >= 15 is 0 Å². The molecule has 0 aliphatic carbocycles. The van der Waals surface area contributed by atoms with Gasteiger partial charge in [0, 0.05) is 27.1 Å². The number of nitrogens with one attached hydrogen (secondary N) is 2. The van der Waals surface area contributed by atoms with Gasteiger partial charge in [-0.05, 0) is 29.7 Å². The number of hydrogen-bond donors (Lipinski definition) is 3. The summed E-state index contributed by atoms with van der Waals surface area (Å²) in [5, 5.41) is 21.9. The zero-order chi connectivity index (χ0) is 25.9. The average Bonchev–Trinajstić information content (AvgIpc) is 3.35. The Morgan fingerprint density at radius 1 is 1.29 bits per heavy atom. The molecule has 2 aromatic rings. The summed E-state index contributed by atoms with van der Waals surface area (Å²) in [6, 6.07) is 4.08. The van der Waals surface area contributed by atoms with Crippen LogP contribution < -0.4 is 15.4 Å². The fourth-order valence-electron chi connectivity index (χ4n) is 4.71. The maximum Gasteiger partial charge on any atom is 0.243 e. The van der Waals surface area contributed by atoms with Crippen molar-refractivity contribution in [1.82, 2.24) is 25.3 Å². The molecule has 1 aliphatic rings. The van der Waals surface area contributed by atoms with E-state index in [4.69, 9.17) is 9.47 Å². The molecule has 2 amide bonds. The Balaban J connectivity index is 1.85. The molecule has 35 heavy (non-hydrogen) atoms. The molecule has 0 bridgehead atoms. The van der Waals surface area contributed by atoms with Crippen LogP contribution in [-0.2, 0) is 21.4 Å².